The van der Waals surface area contributed by atoms with Gasteiger partial charge in [-0.15, -0.1) is 0 Å². The monoisotopic (exact) mass is 283 g/mol. The summed E-state index contributed by atoms with van der Waals surface area (Å²) in [5, 5.41) is 6.69. The molecule has 110 valence electrons. The predicted molar refractivity (Wildman–Crippen MR) is 86.8 cm³/mol. The Morgan fingerprint density at radius 1 is 1.14 bits per heavy atom. The van der Waals surface area contributed by atoms with E-state index in [9.17, 15) is 0 Å². The summed E-state index contributed by atoms with van der Waals surface area (Å²) in [5.74, 6) is 1.38. The number of nitrogens with two attached hydrogens (primary N) is 1. The number of nitrogens with one attached hydrogen (secondary N) is 2. The molecule has 1 aliphatic rings. The Balaban J connectivity index is 1.79. The lowest BCUT2D eigenvalue weighted by Crippen LogP contribution is -2.17. The Morgan fingerprint density at radius 3 is 2.67 bits per heavy atom. The van der Waals surface area contributed by atoms with Crippen LogP contribution in [0.3, 0.4) is 0 Å². The summed E-state index contributed by atoms with van der Waals surface area (Å²) in [4.78, 5) is 8.53. The molecule has 1 aromatic carbocycles. The Bertz CT molecular complexity index is 620. The first-order chi connectivity index (χ1) is 10.2. The number of nitrogen functional groups attached to an aromatic ring is 1. The van der Waals surface area contributed by atoms with Gasteiger partial charge in [0.25, 0.3) is 0 Å². The average Bonchev–Trinajstić information content (AvgIpc) is 2.96. The van der Waals surface area contributed by atoms with Gasteiger partial charge in [0.2, 0.25) is 0 Å². The van der Waals surface area contributed by atoms with Crippen LogP contribution < -0.4 is 16.4 Å². The quantitative estimate of drug-likeness (QED) is 0.801. The number of aryl methyl sites for hydroxylation is 1. The number of aromatic nitrogens is 2. The van der Waals surface area contributed by atoms with Crippen molar-refractivity contribution >= 4 is 23.0 Å². The van der Waals surface area contributed by atoms with Gasteiger partial charge in [0.1, 0.15) is 12.0 Å². The molecule has 0 spiro atoms. The van der Waals surface area contributed by atoms with Crippen LogP contribution in [0.2, 0.25) is 0 Å². The van der Waals surface area contributed by atoms with Crippen LogP contribution in [0.4, 0.5) is 23.0 Å². The van der Waals surface area contributed by atoms with Crippen LogP contribution in [-0.4, -0.2) is 16.0 Å². The first-order valence-corrected chi connectivity index (χ1v) is 7.43. The Hall–Kier alpha value is -2.30. The zero-order valence-corrected chi connectivity index (χ0v) is 12.3. The van der Waals surface area contributed by atoms with E-state index in [4.69, 9.17) is 5.73 Å². The lowest BCUT2D eigenvalue weighted by Gasteiger charge is -2.16. The van der Waals surface area contributed by atoms with E-state index >= 15 is 0 Å². The van der Waals surface area contributed by atoms with Crippen LogP contribution in [0.5, 0.6) is 0 Å². The fraction of sp³-hybridized carbons (Fsp3) is 0.375. The van der Waals surface area contributed by atoms with E-state index in [2.05, 4.69) is 39.7 Å². The highest BCUT2D eigenvalue weighted by molar-refractivity contribution is 5.77. The molecule has 5 heteroatoms. The summed E-state index contributed by atoms with van der Waals surface area (Å²) < 4.78 is 0. The van der Waals surface area contributed by atoms with Crippen LogP contribution in [0.1, 0.15) is 31.2 Å². The molecule has 1 saturated carbocycles. The SMILES string of the molecule is Cc1cccc(Nc2ncnc(NC3CCCC3)c2N)c1. The molecule has 21 heavy (non-hydrogen) atoms. The number of nitrogens with zero attached hydrogens (tertiary/aromatic N) is 2. The second kappa shape index (κ2) is 5.99. The van der Waals surface area contributed by atoms with Gasteiger partial charge in [-0.25, -0.2) is 9.97 Å². The summed E-state index contributed by atoms with van der Waals surface area (Å²) in [5.41, 5.74) is 8.94. The van der Waals surface area contributed by atoms with Crippen LogP contribution in [0, 0.1) is 6.92 Å². The van der Waals surface area contributed by atoms with Crippen molar-refractivity contribution in [2.24, 2.45) is 0 Å². The standard InChI is InChI=1S/C16H21N5/c1-11-5-4-8-13(9-11)21-16-14(17)15(18-10-19-16)20-12-6-2-3-7-12/h4-5,8-10,12H,2-3,6-7,17H2,1H3,(H2,18,19,20,21). The summed E-state index contributed by atoms with van der Waals surface area (Å²) in [6.07, 6.45) is 6.47. The molecule has 1 fully saturated rings. The minimum absolute atomic E-state index is 0.481. The molecule has 5 nitrogen and oxygen atoms in total. The molecule has 1 heterocycles. The van der Waals surface area contributed by atoms with Crippen molar-refractivity contribution in [1.29, 1.82) is 0 Å². The Morgan fingerprint density at radius 2 is 1.90 bits per heavy atom. The number of rotatable bonds is 4. The van der Waals surface area contributed by atoms with Gasteiger partial charge in [-0.2, -0.15) is 0 Å². The van der Waals surface area contributed by atoms with E-state index in [0.717, 1.165) is 11.5 Å². The number of benzene rings is 1. The van der Waals surface area contributed by atoms with Crippen LogP contribution >= 0.6 is 0 Å². The zero-order valence-electron chi connectivity index (χ0n) is 12.3. The molecule has 2 aromatic rings. The van der Waals surface area contributed by atoms with E-state index in [0.29, 0.717) is 17.5 Å². The lowest BCUT2D eigenvalue weighted by molar-refractivity contribution is 0.750. The molecule has 1 aliphatic carbocycles. The van der Waals surface area contributed by atoms with Crippen molar-refractivity contribution in [3.63, 3.8) is 0 Å². The first kappa shape index (κ1) is 13.7. The van der Waals surface area contributed by atoms with Gasteiger partial charge in [-0.05, 0) is 37.5 Å². The zero-order chi connectivity index (χ0) is 14.7. The third-order valence-corrected chi connectivity index (χ3v) is 3.86. The highest BCUT2D eigenvalue weighted by Gasteiger charge is 2.17. The molecule has 0 bridgehead atoms. The second-order valence-electron chi connectivity index (χ2n) is 5.60. The number of anilines is 4. The maximum atomic E-state index is 6.20. The second-order valence-corrected chi connectivity index (χ2v) is 5.60. The molecule has 0 saturated heterocycles. The predicted octanol–water partition coefficient (Wildman–Crippen LogP) is 3.47. The van der Waals surface area contributed by atoms with Gasteiger partial charge in [0.15, 0.2) is 11.6 Å². The lowest BCUT2D eigenvalue weighted by atomic mass is 10.2. The van der Waals surface area contributed by atoms with Crippen LogP contribution in [0.25, 0.3) is 0 Å². The maximum absolute atomic E-state index is 6.20. The highest BCUT2D eigenvalue weighted by Crippen LogP contribution is 2.29. The molecule has 0 unspecified atom stereocenters. The topological polar surface area (TPSA) is 75.9 Å². The molecule has 1 aromatic heterocycles. The summed E-state index contributed by atoms with van der Waals surface area (Å²) in [7, 11) is 0. The maximum Gasteiger partial charge on any atom is 0.159 e. The van der Waals surface area contributed by atoms with Crippen molar-refractivity contribution < 1.29 is 0 Å². The van der Waals surface area contributed by atoms with Gasteiger partial charge < -0.3 is 16.4 Å². The molecular formula is C16H21N5. The van der Waals surface area contributed by atoms with Gasteiger partial charge in [-0.3, -0.25) is 0 Å². The smallest absolute Gasteiger partial charge is 0.159 e. The van der Waals surface area contributed by atoms with Crippen molar-refractivity contribution in [1.82, 2.24) is 9.97 Å². The minimum Gasteiger partial charge on any atom is -0.393 e. The summed E-state index contributed by atoms with van der Waals surface area (Å²) in [6, 6.07) is 8.60. The number of hydrogen-bond acceptors (Lipinski definition) is 5. The molecule has 3 rings (SSSR count). The average molecular weight is 283 g/mol. The molecule has 0 atom stereocenters. The van der Waals surface area contributed by atoms with E-state index in [1.165, 1.54) is 31.2 Å². The van der Waals surface area contributed by atoms with Crippen molar-refractivity contribution in [2.75, 3.05) is 16.4 Å². The number of hydrogen-bond donors (Lipinski definition) is 3. The van der Waals surface area contributed by atoms with E-state index in [-0.39, 0.29) is 0 Å². The normalized spacial score (nSPS) is 15.1. The van der Waals surface area contributed by atoms with Crippen molar-refractivity contribution in [3.05, 3.63) is 36.2 Å². The Labute approximate surface area is 125 Å². The highest BCUT2D eigenvalue weighted by atomic mass is 15.1. The minimum atomic E-state index is 0.481. The van der Waals surface area contributed by atoms with E-state index < -0.39 is 0 Å². The third kappa shape index (κ3) is 3.24. The third-order valence-electron chi connectivity index (χ3n) is 3.86. The van der Waals surface area contributed by atoms with Crippen molar-refractivity contribution in [2.45, 2.75) is 38.6 Å². The molecule has 0 radical (unpaired) electrons. The molecule has 0 aliphatic heterocycles. The fourth-order valence-corrected chi connectivity index (χ4v) is 2.73. The molecule has 4 N–H and O–H groups in total. The van der Waals surface area contributed by atoms with Crippen molar-refractivity contribution in [3.8, 4) is 0 Å². The van der Waals surface area contributed by atoms with Crippen LogP contribution in [-0.2, 0) is 0 Å². The van der Waals surface area contributed by atoms with Gasteiger partial charge in [0.05, 0.1) is 0 Å². The van der Waals surface area contributed by atoms with Gasteiger partial charge in [0, 0.05) is 11.7 Å². The summed E-state index contributed by atoms with van der Waals surface area (Å²) >= 11 is 0. The van der Waals surface area contributed by atoms with E-state index in [1.807, 2.05) is 12.1 Å². The largest absolute Gasteiger partial charge is 0.393 e. The first-order valence-electron chi connectivity index (χ1n) is 7.43. The molecule has 0 amide bonds. The molecular weight excluding hydrogens is 262 g/mol. The Kier molecular flexibility index (Phi) is 3.90. The fourth-order valence-electron chi connectivity index (χ4n) is 2.73. The summed E-state index contributed by atoms with van der Waals surface area (Å²) in [6.45, 7) is 2.06. The van der Waals surface area contributed by atoms with Gasteiger partial charge >= 0.3 is 0 Å². The van der Waals surface area contributed by atoms with E-state index in [1.54, 1.807) is 6.33 Å². The van der Waals surface area contributed by atoms with Crippen LogP contribution in [0.15, 0.2) is 30.6 Å². The van der Waals surface area contributed by atoms with Gasteiger partial charge in [-0.1, -0.05) is 25.0 Å².